The van der Waals surface area contributed by atoms with Gasteiger partial charge in [0.2, 0.25) is 0 Å². The van der Waals surface area contributed by atoms with Crippen molar-refractivity contribution in [2.45, 2.75) is 57.5 Å². The van der Waals surface area contributed by atoms with Gasteiger partial charge in [-0.1, -0.05) is 19.4 Å². The highest BCUT2D eigenvalue weighted by atomic mass is 32.2. The molecule has 0 atom stereocenters. The number of nitrogens with one attached hydrogen (secondary N) is 1. The first-order chi connectivity index (χ1) is 8.96. The molecule has 0 spiro atoms. The predicted molar refractivity (Wildman–Crippen MR) is 83.4 cm³/mol. The fourth-order valence-electron chi connectivity index (χ4n) is 1.59. The number of benzene rings is 1. The largest absolute Gasteiger partial charge is 0.308 e. The minimum absolute atomic E-state index is 0.0986. The molecule has 19 heavy (non-hydrogen) atoms. The molecule has 0 aromatic heterocycles. The summed E-state index contributed by atoms with van der Waals surface area (Å²) in [5.74, 6) is 1.09. The van der Waals surface area contributed by atoms with E-state index in [4.69, 9.17) is 0 Å². The molecule has 0 saturated carbocycles. The third-order valence-electron chi connectivity index (χ3n) is 2.74. The van der Waals surface area contributed by atoms with E-state index in [1.54, 1.807) is 11.8 Å². The molecular formula is C16H24N2S. The molecule has 1 rings (SSSR count). The highest BCUT2D eigenvalue weighted by Crippen LogP contribution is 2.24. The van der Waals surface area contributed by atoms with Gasteiger partial charge in [-0.2, -0.15) is 5.26 Å². The summed E-state index contributed by atoms with van der Waals surface area (Å²) in [4.78, 5) is 1.11. The summed E-state index contributed by atoms with van der Waals surface area (Å²) in [5.41, 5.74) is 2.07. The van der Waals surface area contributed by atoms with Crippen molar-refractivity contribution in [3.05, 3.63) is 29.3 Å². The molecule has 0 bridgehead atoms. The molecule has 1 N–H and O–H groups in total. The molecule has 0 fully saturated rings. The van der Waals surface area contributed by atoms with Crippen LogP contribution in [0.25, 0.3) is 0 Å². The van der Waals surface area contributed by atoms with Crippen molar-refractivity contribution in [3.63, 3.8) is 0 Å². The van der Waals surface area contributed by atoms with E-state index in [-0.39, 0.29) is 5.54 Å². The standard InChI is InChI=1S/C16H24N2S/c1-5-6-9-19-15-8-7-13(10-14(15)11-17)12-18-16(2,3)4/h7-8,10,18H,5-6,9,12H2,1-4H3. The number of hydrogen-bond donors (Lipinski definition) is 1. The van der Waals surface area contributed by atoms with Gasteiger partial charge in [-0.3, -0.25) is 0 Å². The Kier molecular flexibility index (Phi) is 6.41. The molecule has 3 heteroatoms. The van der Waals surface area contributed by atoms with Crippen LogP contribution < -0.4 is 5.32 Å². The van der Waals surface area contributed by atoms with E-state index in [1.165, 1.54) is 18.4 Å². The SMILES string of the molecule is CCCCSc1ccc(CNC(C)(C)C)cc1C#N. The Hall–Kier alpha value is -0.980. The van der Waals surface area contributed by atoms with E-state index in [0.29, 0.717) is 0 Å². The third-order valence-corrected chi connectivity index (χ3v) is 3.90. The van der Waals surface area contributed by atoms with Crippen LogP contribution in [0.5, 0.6) is 0 Å². The molecule has 0 aliphatic rings. The smallest absolute Gasteiger partial charge is 0.100 e. The Morgan fingerprint density at radius 1 is 1.32 bits per heavy atom. The first-order valence-corrected chi connectivity index (χ1v) is 7.85. The second-order valence-electron chi connectivity index (χ2n) is 5.75. The molecular weight excluding hydrogens is 252 g/mol. The van der Waals surface area contributed by atoms with Gasteiger partial charge < -0.3 is 5.32 Å². The third kappa shape index (κ3) is 6.13. The molecule has 0 heterocycles. The number of unbranched alkanes of at least 4 members (excludes halogenated alkanes) is 1. The fraction of sp³-hybridized carbons (Fsp3) is 0.562. The van der Waals surface area contributed by atoms with Crippen LogP contribution in [0.2, 0.25) is 0 Å². The minimum atomic E-state index is 0.0986. The van der Waals surface area contributed by atoms with Gasteiger partial charge in [0.1, 0.15) is 6.07 Å². The minimum Gasteiger partial charge on any atom is -0.308 e. The van der Waals surface area contributed by atoms with Gasteiger partial charge in [-0.25, -0.2) is 0 Å². The van der Waals surface area contributed by atoms with Crippen molar-refractivity contribution in [3.8, 4) is 6.07 Å². The highest BCUT2D eigenvalue weighted by Gasteiger charge is 2.09. The molecule has 0 saturated heterocycles. The van der Waals surface area contributed by atoms with E-state index in [9.17, 15) is 5.26 Å². The quantitative estimate of drug-likeness (QED) is 0.620. The Morgan fingerprint density at radius 2 is 2.05 bits per heavy atom. The zero-order valence-electron chi connectivity index (χ0n) is 12.4. The number of nitrogens with zero attached hydrogens (tertiary/aromatic N) is 1. The van der Waals surface area contributed by atoms with Gasteiger partial charge in [0, 0.05) is 17.0 Å². The number of hydrogen-bond acceptors (Lipinski definition) is 3. The van der Waals surface area contributed by atoms with Gasteiger partial charge in [-0.15, -0.1) is 11.8 Å². The van der Waals surface area contributed by atoms with E-state index >= 15 is 0 Å². The maximum absolute atomic E-state index is 9.24. The van der Waals surface area contributed by atoms with Gasteiger partial charge in [0.05, 0.1) is 5.56 Å². The molecule has 0 unspecified atom stereocenters. The van der Waals surface area contributed by atoms with E-state index in [1.807, 2.05) is 6.07 Å². The average Bonchev–Trinajstić information content (AvgIpc) is 2.36. The molecule has 1 aromatic carbocycles. The Bertz CT molecular complexity index is 441. The lowest BCUT2D eigenvalue weighted by Gasteiger charge is -2.20. The summed E-state index contributed by atoms with van der Waals surface area (Å²) in [6.07, 6.45) is 2.39. The lowest BCUT2D eigenvalue weighted by Crippen LogP contribution is -2.35. The monoisotopic (exact) mass is 276 g/mol. The molecule has 0 radical (unpaired) electrons. The predicted octanol–water partition coefficient (Wildman–Crippen LogP) is 4.34. The first-order valence-electron chi connectivity index (χ1n) is 6.87. The van der Waals surface area contributed by atoms with Crippen molar-refractivity contribution in [1.29, 1.82) is 5.26 Å². The summed E-state index contributed by atoms with van der Waals surface area (Å²) in [6.45, 7) is 9.43. The van der Waals surface area contributed by atoms with Crippen molar-refractivity contribution in [2.75, 3.05) is 5.75 Å². The zero-order chi connectivity index (χ0) is 14.3. The van der Waals surface area contributed by atoms with Gasteiger partial charge in [-0.05, 0) is 50.6 Å². The summed E-state index contributed by atoms with van der Waals surface area (Å²) >= 11 is 1.79. The van der Waals surface area contributed by atoms with Crippen LogP contribution in [-0.4, -0.2) is 11.3 Å². The molecule has 0 aliphatic carbocycles. The number of nitriles is 1. The van der Waals surface area contributed by atoms with Crippen LogP contribution in [0.15, 0.2) is 23.1 Å². The molecule has 0 aliphatic heterocycles. The molecule has 2 nitrogen and oxygen atoms in total. The lowest BCUT2D eigenvalue weighted by molar-refractivity contribution is 0.424. The van der Waals surface area contributed by atoms with Crippen molar-refractivity contribution in [1.82, 2.24) is 5.32 Å². The van der Waals surface area contributed by atoms with Crippen LogP contribution >= 0.6 is 11.8 Å². The van der Waals surface area contributed by atoms with Gasteiger partial charge in [0.15, 0.2) is 0 Å². The molecule has 0 amide bonds. The Morgan fingerprint density at radius 3 is 2.63 bits per heavy atom. The fourth-order valence-corrected chi connectivity index (χ4v) is 2.67. The Labute approximate surface area is 121 Å². The maximum atomic E-state index is 9.24. The van der Waals surface area contributed by atoms with Gasteiger partial charge in [0.25, 0.3) is 0 Å². The van der Waals surface area contributed by atoms with Crippen molar-refractivity contribution in [2.24, 2.45) is 0 Å². The molecule has 104 valence electrons. The Balaban J connectivity index is 2.70. The number of thioether (sulfide) groups is 1. The zero-order valence-corrected chi connectivity index (χ0v) is 13.2. The van der Waals surface area contributed by atoms with Crippen LogP contribution in [0.3, 0.4) is 0 Å². The number of rotatable bonds is 6. The lowest BCUT2D eigenvalue weighted by atomic mass is 10.1. The second kappa shape index (κ2) is 7.57. The molecule has 1 aromatic rings. The summed E-state index contributed by atoms with van der Waals surface area (Å²) in [6, 6.07) is 8.52. The van der Waals surface area contributed by atoms with Crippen LogP contribution in [0, 0.1) is 11.3 Å². The van der Waals surface area contributed by atoms with E-state index in [0.717, 1.165) is 22.8 Å². The van der Waals surface area contributed by atoms with Crippen molar-refractivity contribution < 1.29 is 0 Å². The summed E-state index contributed by atoms with van der Waals surface area (Å²) in [7, 11) is 0. The normalized spacial score (nSPS) is 11.3. The van der Waals surface area contributed by atoms with Gasteiger partial charge >= 0.3 is 0 Å². The summed E-state index contributed by atoms with van der Waals surface area (Å²) < 4.78 is 0. The van der Waals surface area contributed by atoms with E-state index in [2.05, 4.69) is 51.2 Å². The van der Waals surface area contributed by atoms with E-state index < -0.39 is 0 Å². The van der Waals surface area contributed by atoms with Crippen LogP contribution in [0.4, 0.5) is 0 Å². The highest BCUT2D eigenvalue weighted by molar-refractivity contribution is 7.99. The van der Waals surface area contributed by atoms with Crippen LogP contribution in [0.1, 0.15) is 51.7 Å². The maximum Gasteiger partial charge on any atom is 0.100 e. The van der Waals surface area contributed by atoms with Crippen LogP contribution in [-0.2, 0) is 6.54 Å². The topological polar surface area (TPSA) is 35.8 Å². The summed E-state index contributed by atoms with van der Waals surface area (Å²) in [5, 5.41) is 12.7. The average molecular weight is 276 g/mol. The first kappa shape index (κ1) is 16.1. The second-order valence-corrected chi connectivity index (χ2v) is 6.88. The van der Waals surface area contributed by atoms with Crippen molar-refractivity contribution >= 4 is 11.8 Å².